The highest BCUT2D eigenvalue weighted by Crippen LogP contribution is 2.04. The van der Waals surface area contributed by atoms with Gasteiger partial charge in [0.2, 0.25) is 0 Å². The summed E-state index contributed by atoms with van der Waals surface area (Å²) in [6.07, 6.45) is 6.07. The van der Waals surface area contributed by atoms with Gasteiger partial charge in [0, 0.05) is 13.1 Å². The third kappa shape index (κ3) is 58.0. The normalized spacial score (nSPS) is 16.1. The molecular weight excluding hydrogens is 924 g/mol. The van der Waals surface area contributed by atoms with E-state index in [0.29, 0.717) is 51.1 Å². The molecule has 2 saturated heterocycles. The van der Waals surface area contributed by atoms with Crippen LogP contribution in [0.25, 0.3) is 0 Å². The SMILES string of the molecule is CC(C)C(N)C(=O)O.CC(C)CC(N)C(=O)O.N=C(N)NCCCC(N)C(=O)O.N=C(N)NCCCC(N)C(=O)O.NC(CO)C(=O)O.NCC(=O)O.O=C(O)[C@@H]1CCCN1.O=C(O)[C@@H]1CCCN1. The molecule has 69 heavy (non-hydrogen) atoms. The summed E-state index contributed by atoms with van der Waals surface area (Å²) in [6, 6.07) is -4.71. The number of hydrogen-bond donors (Lipinski definition) is 23. The van der Waals surface area contributed by atoms with Gasteiger partial charge in [-0.3, -0.25) is 49.2 Å². The van der Waals surface area contributed by atoms with Crippen LogP contribution in [-0.4, -0.2) is 187 Å². The average Bonchev–Trinajstić information content (AvgIpc) is 4.01. The molecule has 2 aliphatic rings. The van der Waals surface area contributed by atoms with Crippen LogP contribution in [-0.2, 0) is 38.4 Å². The topological polar surface area (TPSA) is 623 Å². The van der Waals surface area contributed by atoms with Crippen LogP contribution in [0.2, 0.25) is 0 Å². The maximum Gasteiger partial charge on any atom is 0.322 e. The van der Waals surface area contributed by atoms with Crippen molar-refractivity contribution in [3.8, 4) is 0 Å². The van der Waals surface area contributed by atoms with Gasteiger partial charge in [-0.1, -0.05) is 27.7 Å². The molecule has 5 unspecified atom stereocenters. The number of rotatable bonds is 20. The molecule has 0 radical (unpaired) electrons. The lowest BCUT2D eigenvalue weighted by atomic mass is 10.1. The van der Waals surface area contributed by atoms with E-state index in [2.05, 4.69) is 27.0 Å². The first kappa shape index (κ1) is 74.5. The molecular formula is C38H82N14O17. The van der Waals surface area contributed by atoms with E-state index in [1.165, 1.54) is 0 Å². The molecule has 0 aromatic heterocycles. The second-order valence-electron chi connectivity index (χ2n) is 15.2. The van der Waals surface area contributed by atoms with Crippen LogP contribution in [0.1, 0.15) is 85.5 Å². The van der Waals surface area contributed by atoms with Gasteiger partial charge < -0.3 is 113 Å². The van der Waals surface area contributed by atoms with E-state index in [1.807, 2.05) is 13.8 Å². The number of guanidine groups is 2. The van der Waals surface area contributed by atoms with Crippen molar-refractivity contribution in [2.75, 3.05) is 39.3 Å². The van der Waals surface area contributed by atoms with Gasteiger partial charge in [0.05, 0.1) is 13.2 Å². The maximum atomic E-state index is 10.2. The molecule has 7 atom stereocenters. The number of carboxylic acids is 8. The van der Waals surface area contributed by atoms with E-state index in [4.69, 9.17) is 96.9 Å². The van der Waals surface area contributed by atoms with Crippen molar-refractivity contribution in [3.63, 3.8) is 0 Å². The number of hydrogen-bond acceptors (Lipinski definition) is 19. The van der Waals surface area contributed by atoms with Crippen LogP contribution in [0.5, 0.6) is 0 Å². The molecule has 2 fully saturated rings. The Morgan fingerprint density at radius 3 is 1.01 bits per heavy atom. The summed E-state index contributed by atoms with van der Waals surface area (Å²) in [6.45, 7) is 9.35. The minimum absolute atomic E-state index is 0.0208. The second-order valence-corrected chi connectivity index (χ2v) is 15.2. The molecule has 0 bridgehead atoms. The molecule has 0 aromatic carbocycles. The lowest BCUT2D eigenvalue weighted by Gasteiger charge is -2.07. The molecule has 2 rings (SSSR count). The molecule has 31 nitrogen and oxygen atoms in total. The van der Waals surface area contributed by atoms with Crippen LogP contribution in [0.3, 0.4) is 0 Å². The third-order valence-corrected chi connectivity index (χ3v) is 8.10. The minimum Gasteiger partial charge on any atom is -0.480 e. The fraction of sp³-hybridized carbons (Fsp3) is 0.737. The number of nitrogens with two attached hydrogens (primary N) is 8. The zero-order valence-corrected chi connectivity index (χ0v) is 39.7. The van der Waals surface area contributed by atoms with Crippen molar-refractivity contribution < 1.29 is 84.3 Å². The summed E-state index contributed by atoms with van der Waals surface area (Å²) < 4.78 is 0. The van der Waals surface area contributed by atoms with Crippen molar-refractivity contribution in [1.29, 1.82) is 10.8 Å². The number of nitrogens with one attached hydrogen (secondary N) is 6. The van der Waals surface area contributed by atoms with Gasteiger partial charge in [0.1, 0.15) is 42.3 Å². The Morgan fingerprint density at radius 2 is 0.899 bits per heavy atom. The quantitative estimate of drug-likeness (QED) is 0.0308. The zero-order valence-electron chi connectivity index (χ0n) is 39.7. The van der Waals surface area contributed by atoms with Gasteiger partial charge in [-0.2, -0.15) is 0 Å². The van der Waals surface area contributed by atoms with E-state index < -0.39 is 84.6 Å². The highest BCUT2D eigenvalue weighted by molar-refractivity contribution is 5.76. The smallest absolute Gasteiger partial charge is 0.322 e. The van der Waals surface area contributed by atoms with Gasteiger partial charge >= 0.3 is 47.8 Å². The fourth-order valence-corrected chi connectivity index (χ4v) is 4.10. The number of carbonyl (C=O) groups is 8. The van der Waals surface area contributed by atoms with Crippen molar-refractivity contribution >= 4 is 59.7 Å². The van der Waals surface area contributed by atoms with Crippen LogP contribution in [0, 0.1) is 22.7 Å². The predicted octanol–water partition coefficient (Wildman–Crippen LogP) is -5.11. The standard InChI is InChI=1S/2C6H14N4O2.C6H13NO2.2C5H9NO2.C5H11NO2.C3H7NO3.C2H5NO2/c2*7-4(5(11)12)2-1-3-10-6(8)9;1-4(2)3-5(7)6(8)9;2*7-5(8)4-2-1-3-6-4;1-3(2)4(6)5(7)8;4-2(1-5)3(6)7;3-1-2(4)5/h2*4H,1-3,7H2,(H,11,12)(H4,8,9,10);4-5H,3,7H2,1-2H3,(H,8,9);2*4,6H,1-3H2,(H,7,8);3-4H,6H2,1-2H3,(H,7,8);2,5H,1,4H2,(H,6,7);1,3H2,(H,4,5)/t;;;2*4-;;;/m...00.../s1. The summed E-state index contributed by atoms with van der Waals surface area (Å²) in [7, 11) is 0. The summed E-state index contributed by atoms with van der Waals surface area (Å²) >= 11 is 0. The molecule has 2 aliphatic heterocycles. The van der Waals surface area contributed by atoms with Gasteiger partial charge in [-0.05, 0) is 82.7 Å². The lowest BCUT2D eigenvalue weighted by molar-refractivity contribution is -0.140. The van der Waals surface area contributed by atoms with E-state index >= 15 is 0 Å². The summed E-state index contributed by atoms with van der Waals surface area (Å²) in [5.74, 6) is -7.28. The third-order valence-electron chi connectivity index (χ3n) is 8.10. The van der Waals surface area contributed by atoms with Crippen LogP contribution in [0.15, 0.2) is 0 Å². The lowest BCUT2D eigenvalue weighted by Crippen LogP contribution is -2.34. The van der Waals surface area contributed by atoms with Gasteiger partial charge in [-0.15, -0.1) is 0 Å². The highest BCUT2D eigenvalue weighted by atomic mass is 16.4. The van der Waals surface area contributed by atoms with Crippen molar-refractivity contribution in [3.05, 3.63) is 0 Å². The first-order valence-electron chi connectivity index (χ1n) is 21.3. The molecule has 2 heterocycles. The Bertz CT molecular complexity index is 1390. The van der Waals surface area contributed by atoms with Crippen molar-refractivity contribution in [1.82, 2.24) is 21.3 Å². The van der Waals surface area contributed by atoms with Gasteiger partial charge in [0.25, 0.3) is 0 Å². The van der Waals surface area contributed by atoms with Crippen molar-refractivity contribution in [2.24, 2.45) is 57.7 Å². The van der Waals surface area contributed by atoms with E-state index in [-0.39, 0.29) is 36.5 Å². The number of aliphatic hydroxyl groups excluding tert-OH is 1. The highest BCUT2D eigenvalue weighted by Gasteiger charge is 2.21. The molecule has 406 valence electrons. The largest absolute Gasteiger partial charge is 0.480 e. The predicted molar refractivity (Wildman–Crippen MR) is 252 cm³/mol. The molecule has 0 amide bonds. The van der Waals surface area contributed by atoms with E-state index in [0.717, 1.165) is 38.8 Å². The summed E-state index contributed by atoms with van der Waals surface area (Å²) in [4.78, 5) is 79.7. The zero-order chi connectivity index (χ0) is 55.4. The average molecular weight is 1010 g/mol. The van der Waals surface area contributed by atoms with Crippen LogP contribution < -0.4 is 67.1 Å². The maximum absolute atomic E-state index is 10.2. The van der Waals surface area contributed by atoms with Crippen LogP contribution >= 0.6 is 0 Å². The number of aliphatic carboxylic acids is 8. The van der Waals surface area contributed by atoms with Gasteiger partial charge in [-0.25, -0.2) is 0 Å². The monoisotopic (exact) mass is 1010 g/mol. The van der Waals surface area contributed by atoms with E-state index in [1.54, 1.807) is 13.8 Å². The molecule has 31 heteroatoms. The molecule has 0 saturated carbocycles. The number of aliphatic hydroxyl groups is 1. The second kappa shape index (κ2) is 47.0. The first-order chi connectivity index (χ1) is 31.7. The summed E-state index contributed by atoms with van der Waals surface area (Å²) in [5.41, 5.74) is 40.1. The Labute approximate surface area is 400 Å². The summed E-state index contributed by atoms with van der Waals surface area (Å²) in [5, 5.41) is 97.9. The first-order valence-corrected chi connectivity index (χ1v) is 21.3. The molecule has 31 N–H and O–H groups in total. The molecule has 0 aromatic rings. The Balaban J connectivity index is -0.000000166. The Kier molecular flexibility index (Phi) is 50.8. The Hall–Kier alpha value is -6.06. The van der Waals surface area contributed by atoms with Gasteiger partial charge in [0.15, 0.2) is 11.9 Å². The number of carboxylic acid groups (broad SMARTS) is 8. The van der Waals surface area contributed by atoms with Crippen LogP contribution in [0.4, 0.5) is 0 Å². The Morgan fingerprint density at radius 1 is 0.580 bits per heavy atom. The fourth-order valence-electron chi connectivity index (χ4n) is 4.10. The van der Waals surface area contributed by atoms with E-state index in [9.17, 15) is 38.4 Å². The van der Waals surface area contributed by atoms with Crippen molar-refractivity contribution in [2.45, 2.75) is 128 Å². The molecule has 0 aliphatic carbocycles. The minimum atomic E-state index is -1.18. The molecule has 0 spiro atoms.